The van der Waals surface area contributed by atoms with Gasteiger partial charge in [0.25, 0.3) is 5.56 Å². The lowest BCUT2D eigenvalue weighted by molar-refractivity contribution is -0.132. The molecule has 0 saturated heterocycles. The van der Waals surface area contributed by atoms with E-state index in [-0.39, 0.29) is 18.0 Å². The molecule has 1 amide bonds. The summed E-state index contributed by atoms with van der Waals surface area (Å²) in [5, 5.41) is 6.52. The first kappa shape index (κ1) is 14.1. The van der Waals surface area contributed by atoms with E-state index < -0.39 is 0 Å². The van der Waals surface area contributed by atoms with E-state index in [0.717, 1.165) is 6.42 Å². The molecule has 0 saturated carbocycles. The molecule has 0 radical (unpaired) electrons. The fraction of sp³-hybridized carbons (Fsp3) is 0.333. The highest BCUT2D eigenvalue weighted by atomic mass is 32.1. The minimum atomic E-state index is -0.232. The van der Waals surface area contributed by atoms with Crippen LogP contribution in [0.2, 0.25) is 0 Å². The number of hydrogen-bond acceptors (Lipinski definition) is 5. The van der Waals surface area contributed by atoms with Crippen molar-refractivity contribution in [3.8, 4) is 0 Å². The van der Waals surface area contributed by atoms with Gasteiger partial charge in [-0.25, -0.2) is 4.98 Å². The molecule has 3 aromatic heterocycles. The average molecular weight is 329 g/mol. The summed E-state index contributed by atoms with van der Waals surface area (Å²) in [4.78, 5) is 32.3. The van der Waals surface area contributed by atoms with E-state index in [9.17, 15) is 9.59 Å². The minimum absolute atomic E-state index is 0.0101. The molecular formula is C15H15N5O2S. The normalized spacial score (nSPS) is 14.2. The monoisotopic (exact) mass is 329 g/mol. The first-order valence-electron chi connectivity index (χ1n) is 7.33. The van der Waals surface area contributed by atoms with Gasteiger partial charge < -0.3 is 4.90 Å². The molecule has 0 bridgehead atoms. The summed E-state index contributed by atoms with van der Waals surface area (Å²) in [5.74, 6) is -0.0611. The summed E-state index contributed by atoms with van der Waals surface area (Å²) in [6.45, 7) is 1.33. The van der Waals surface area contributed by atoms with Crippen LogP contribution in [0.4, 0.5) is 0 Å². The number of carbonyl (C=O) groups excluding carboxylic acids is 1. The van der Waals surface area contributed by atoms with Crippen LogP contribution in [-0.4, -0.2) is 36.7 Å². The van der Waals surface area contributed by atoms with Gasteiger partial charge in [0.1, 0.15) is 18.3 Å². The van der Waals surface area contributed by atoms with Crippen LogP contribution >= 0.6 is 11.3 Å². The van der Waals surface area contributed by atoms with E-state index in [1.54, 1.807) is 28.0 Å². The lowest BCUT2D eigenvalue weighted by Crippen LogP contribution is -2.39. The van der Waals surface area contributed by atoms with Crippen molar-refractivity contribution in [1.29, 1.82) is 0 Å². The molecule has 7 nitrogen and oxygen atoms in total. The van der Waals surface area contributed by atoms with E-state index in [1.165, 1.54) is 27.5 Å². The lowest BCUT2D eigenvalue weighted by Gasteiger charge is -2.27. The fourth-order valence-electron chi connectivity index (χ4n) is 2.89. The molecule has 118 valence electrons. The van der Waals surface area contributed by atoms with Gasteiger partial charge in [0.2, 0.25) is 5.91 Å². The molecule has 0 N–H and O–H groups in total. The van der Waals surface area contributed by atoms with E-state index in [4.69, 9.17) is 0 Å². The van der Waals surface area contributed by atoms with Crippen LogP contribution in [-0.2, 0) is 31.4 Å². The first-order valence-corrected chi connectivity index (χ1v) is 8.21. The second-order valence-electron chi connectivity index (χ2n) is 5.62. The Hall–Kier alpha value is -2.48. The predicted molar refractivity (Wildman–Crippen MR) is 86.2 cm³/mol. The number of rotatable bonds is 2. The zero-order valence-electron chi connectivity index (χ0n) is 12.6. The van der Waals surface area contributed by atoms with E-state index in [0.29, 0.717) is 24.1 Å². The van der Waals surface area contributed by atoms with Gasteiger partial charge in [-0.2, -0.15) is 5.10 Å². The Morgan fingerprint density at radius 1 is 1.43 bits per heavy atom. The minimum Gasteiger partial charge on any atom is -0.336 e. The van der Waals surface area contributed by atoms with Gasteiger partial charge in [-0.05, 0) is 23.4 Å². The summed E-state index contributed by atoms with van der Waals surface area (Å²) in [7, 11) is 1.73. The zero-order chi connectivity index (χ0) is 16.0. The van der Waals surface area contributed by atoms with Gasteiger partial charge in [0.05, 0.1) is 6.20 Å². The Morgan fingerprint density at radius 3 is 3.17 bits per heavy atom. The predicted octanol–water partition coefficient (Wildman–Crippen LogP) is 0.776. The van der Waals surface area contributed by atoms with Crippen molar-refractivity contribution < 1.29 is 4.79 Å². The average Bonchev–Trinajstić information content (AvgIpc) is 3.16. The molecule has 23 heavy (non-hydrogen) atoms. The van der Waals surface area contributed by atoms with Crippen LogP contribution in [0, 0.1) is 0 Å². The summed E-state index contributed by atoms with van der Waals surface area (Å²) >= 11 is 1.74. The Morgan fingerprint density at radius 2 is 2.30 bits per heavy atom. The van der Waals surface area contributed by atoms with Gasteiger partial charge in [0.15, 0.2) is 5.65 Å². The Balaban J connectivity index is 1.58. The molecule has 0 atom stereocenters. The van der Waals surface area contributed by atoms with Crippen LogP contribution in [0.3, 0.4) is 0 Å². The largest absolute Gasteiger partial charge is 0.336 e. The van der Waals surface area contributed by atoms with Crippen molar-refractivity contribution in [2.45, 2.75) is 19.5 Å². The third kappa shape index (κ3) is 2.35. The summed E-state index contributed by atoms with van der Waals surface area (Å²) in [5.41, 5.74) is 1.51. The number of aryl methyl sites for hydroxylation is 1. The standard InChI is InChI=1S/C15H15N5O2S/c1-18-14-11(6-17-18)15(22)20(9-16-14)8-13(21)19-4-2-12-10(7-19)3-5-23-12/h3,5-6,9H,2,4,7-8H2,1H3. The van der Waals surface area contributed by atoms with Gasteiger partial charge in [-0.3, -0.25) is 18.8 Å². The van der Waals surface area contributed by atoms with Crippen LogP contribution in [0.15, 0.2) is 28.8 Å². The molecule has 1 aliphatic heterocycles. The maximum atomic E-state index is 12.5. The van der Waals surface area contributed by atoms with Crippen LogP contribution < -0.4 is 5.56 Å². The van der Waals surface area contributed by atoms with Gasteiger partial charge >= 0.3 is 0 Å². The molecule has 4 heterocycles. The lowest BCUT2D eigenvalue weighted by atomic mass is 10.1. The first-order chi connectivity index (χ1) is 11.1. The molecule has 1 aliphatic rings. The summed E-state index contributed by atoms with van der Waals surface area (Å²) < 4.78 is 2.90. The topological polar surface area (TPSA) is 73.0 Å². The van der Waals surface area contributed by atoms with Gasteiger partial charge in [-0.1, -0.05) is 0 Å². The van der Waals surface area contributed by atoms with Crippen molar-refractivity contribution in [2.75, 3.05) is 6.54 Å². The molecule has 8 heteroatoms. The molecule has 3 aromatic rings. The summed E-state index contributed by atoms with van der Waals surface area (Å²) in [6.07, 6.45) is 3.79. The molecule has 4 rings (SSSR count). The van der Waals surface area contributed by atoms with Gasteiger partial charge in [0, 0.05) is 25.0 Å². The van der Waals surface area contributed by atoms with Crippen LogP contribution in [0.5, 0.6) is 0 Å². The molecule has 0 spiro atoms. The van der Waals surface area contributed by atoms with E-state index in [1.807, 2.05) is 0 Å². The summed E-state index contributed by atoms with van der Waals surface area (Å²) in [6, 6.07) is 2.06. The van der Waals surface area contributed by atoms with Crippen molar-refractivity contribution in [2.24, 2.45) is 7.05 Å². The number of hydrogen-bond donors (Lipinski definition) is 0. The Bertz CT molecular complexity index is 954. The molecule has 0 aromatic carbocycles. The number of carbonyl (C=O) groups is 1. The number of fused-ring (bicyclic) bond motifs is 2. The van der Waals surface area contributed by atoms with Gasteiger partial charge in [-0.15, -0.1) is 11.3 Å². The smallest absolute Gasteiger partial charge is 0.264 e. The van der Waals surface area contributed by atoms with E-state index >= 15 is 0 Å². The van der Waals surface area contributed by atoms with Crippen LogP contribution in [0.1, 0.15) is 10.4 Å². The van der Waals surface area contributed by atoms with Crippen LogP contribution in [0.25, 0.3) is 11.0 Å². The van der Waals surface area contributed by atoms with E-state index in [2.05, 4.69) is 21.5 Å². The second-order valence-corrected chi connectivity index (χ2v) is 6.62. The Kier molecular flexibility index (Phi) is 3.26. The maximum absolute atomic E-state index is 12.5. The van der Waals surface area contributed by atoms with Crippen molar-refractivity contribution >= 4 is 28.3 Å². The third-order valence-electron chi connectivity index (χ3n) is 4.18. The highest BCUT2D eigenvalue weighted by molar-refractivity contribution is 7.10. The SMILES string of the molecule is Cn1ncc2c(=O)n(CC(=O)N3CCc4sccc4C3)cnc21. The Labute approximate surface area is 135 Å². The van der Waals surface area contributed by atoms with Crippen molar-refractivity contribution in [3.05, 3.63) is 44.8 Å². The maximum Gasteiger partial charge on any atom is 0.264 e. The molecule has 0 fully saturated rings. The quantitative estimate of drug-likeness (QED) is 0.696. The number of thiophene rings is 1. The highest BCUT2D eigenvalue weighted by Gasteiger charge is 2.22. The molecular weight excluding hydrogens is 314 g/mol. The third-order valence-corrected chi connectivity index (χ3v) is 5.21. The highest BCUT2D eigenvalue weighted by Crippen LogP contribution is 2.24. The molecule has 0 aliphatic carbocycles. The number of amides is 1. The van der Waals surface area contributed by atoms with Crippen molar-refractivity contribution in [1.82, 2.24) is 24.2 Å². The number of aromatic nitrogens is 4. The zero-order valence-corrected chi connectivity index (χ0v) is 13.4. The van der Waals surface area contributed by atoms with Crippen molar-refractivity contribution in [3.63, 3.8) is 0 Å². The second kappa shape index (κ2) is 5.31. The fourth-order valence-corrected chi connectivity index (χ4v) is 3.78. The molecule has 0 unspecified atom stereocenters. The number of nitrogens with zero attached hydrogens (tertiary/aromatic N) is 5.